The molecule has 0 saturated heterocycles. The first kappa shape index (κ1) is 9.41. The fourth-order valence-corrected chi connectivity index (χ4v) is 3.50. The van der Waals surface area contributed by atoms with Crippen molar-refractivity contribution >= 4 is 0 Å². The number of hydrogen-bond donors (Lipinski definition) is 1. The van der Waals surface area contributed by atoms with E-state index in [9.17, 15) is 0 Å². The lowest BCUT2D eigenvalue weighted by Gasteiger charge is -2.38. The number of benzene rings is 1. The van der Waals surface area contributed by atoms with Crippen molar-refractivity contribution in [3.63, 3.8) is 0 Å². The van der Waals surface area contributed by atoms with Crippen molar-refractivity contribution in [3.8, 4) is 0 Å². The SMILES string of the molecule is CNC1CCc2cccc3c2C1CCC3. The van der Waals surface area contributed by atoms with Crippen LogP contribution >= 0.6 is 0 Å². The van der Waals surface area contributed by atoms with Gasteiger partial charge >= 0.3 is 0 Å². The minimum atomic E-state index is 0.721. The van der Waals surface area contributed by atoms with Crippen LogP contribution in [0.5, 0.6) is 0 Å². The second kappa shape index (κ2) is 3.64. The molecule has 2 aliphatic carbocycles. The standard InChI is InChI=1S/C14H19N/c1-15-13-9-8-11-5-2-4-10-6-3-7-12(13)14(10)11/h2,4-5,12-13,15H,3,6-9H2,1H3. The molecule has 0 aliphatic heterocycles. The van der Waals surface area contributed by atoms with Crippen LogP contribution in [-0.4, -0.2) is 13.1 Å². The van der Waals surface area contributed by atoms with Crippen LogP contribution in [0.3, 0.4) is 0 Å². The molecule has 0 fully saturated rings. The number of aryl methyl sites for hydroxylation is 2. The zero-order valence-electron chi connectivity index (χ0n) is 9.42. The Labute approximate surface area is 91.9 Å². The molecular weight excluding hydrogens is 182 g/mol. The molecule has 1 N–H and O–H groups in total. The fraction of sp³-hybridized carbons (Fsp3) is 0.571. The van der Waals surface area contributed by atoms with Crippen molar-refractivity contribution < 1.29 is 0 Å². The van der Waals surface area contributed by atoms with Gasteiger partial charge in [0.05, 0.1) is 0 Å². The van der Waals surface area contributed by atoms with Crippen molar-refractivity contribution in [3.05, 3.63) is 34.9 Å². The molecule has 80 valence electrons. The van der Waals surface area contributed by atoms with Gasteiger partial charge in [-0.25, -0.2) is 0 Å². The molecule has 1 aromatic carbocycles. The van der Waals surface area contributed by atoms with Crippen LogP contribution < -0.4 is 5.32 Å². The molecule has 1 nitrogen and oxygen atoms in total. The summed E-state index contributed by atoms with van der Waals surface area (Å²) in [6.07, 6.45) is 6.65. The third-order valence-electron chi connectivity index (χ3n) is 4.20. The highest BCUT2D eigenvalue weighted by Gasteiger charge is 2.32. The Hall–Kier alpha value is -0.820. The van der Waals surface area contributed by atoms with Gasteiger partial charge in [0.15, 0.2) is 0 Å². The lowest BCUT2D eigenvalue weighted by Crippen LogP contribution is -2.38. The molecule has 3 rings (SSSR count). The van der Waals surface area contributed by atoms with Crippen LogP contribution in [0.15, 0.2) is 18.2 Å². The van der Waals surface area contributed by atoms with E-state index in [1.165, 1.54) is 32.1 Å². The van der Waals surface area contributed by atoms with Crippen LogP contribution in [0.4, 0.5) is 0 Å². The van der Waals surface area contributed by atoms with Crippen LogP contribution in [0.1, 0.15) is 41.9 Å². The molecular formula is C14H19N. The van der Waals surface area contributed by atoms with Crippen molar-refractivity contribution in [2.24, 2.45) is 0 Å². The number of hydrogen-bond acceptors (Lipinski definition) is 1. The summed E-state index contributed by atoms with van der Waals surface area (Å²) in [4.78, 5) is 0. The van der Waals surface area contributed by atoms with Crippen LogP contribution in [0, 0.1) is 0 Å². The second-order valence-corrected chi connectivity index (χ2v) is 4.92. The Morgan fingerprint density at radius 2 is 1.93 bits per heavy atom. The highest BCUT2D eigenvalue weighted by molar-refractivity contribution is 5.42. The Morgan fingerprint density at radius 1 is 1.13 bits per heavy atom. The monoisotopic (exact) mass is 201 g/mol. The summed E-state index contributed by atoms with van der Waals surface area (Å²) in [6.45, 7) is 0. The number of nitrogens with one attached hydrogen (secondary N) is 1. The van der Waals surface area contributed by atoms with Gasteiger partial charge in [-0.15, -0.1) is 0 Å². The van der Waals surface area contributed by atoms with Crippen molar-refractivity contribution in [2.45, 2.75) is 44.1 Å². The van der Waals surface area contributed by atoms with Crippen molar-refractivity contribution in [2.75, 3.05) is 7.05 Å². The fourth-order valence-electron chi connectivity index (χ4n) is 3.50. The van der Waals surface area contributed by atoms with Crippen LogP contribution in [0.2, 0.25) is 0 Å². The van der Waals surface area contributed by atoms with Gasteiger partial charge in [0.2, 0.25) is 0 Å². The molecule has 0 spiro atoms. The van der Waals surface area contributed by atoms with E-state index >= 15 is 0 Å². The third kappa shape index (κ3) is 1.41. The molecule has 1 heteroatoms. The Bertz CT molecular complexity index is 355. The lowest BCUT2D eigenvalue weighted by atomic mass is 9.71. The summed E-state index contributed by atoms with van der Waals surface area (Å²) >= 11 is 0. The first-order chi connectivity index (χ1) is 7.40. The summed E-state index contributed by atoms with van der Waals surface area (Å²) in [5.74, 6) is 0.795. The second-order valence-electron chi connectivity index (χ2n) is 4.92. The number of likely N-dealkylation sites (N-methyl/N-ethyl adjacent to an activating group) is 1. The molecule has 0 heterocycles. The molecule has 0 bridgehead atoms. The summed E-state index contributed by atoms with van der Waals surface area (Å²) in [6, 6.07) is 7.64. The molecule has 2 atom stereocenters. The summed E-state index contributed by atoms with van der Waals surface area (Å²) in [7, 11) is 2.12. The maximum Gasteiger partial charge on any atom is 0.0136 e. The normalized spacial score (nSPS) is 28.6. The van der Waals surface area contributed by atoms with Crippen molar-refractivity contribution in [1.29, 1.82) is 0 Å². The Kier molecular flexibility index (Phi) is 2.28. The molecule has 2 unspecified atom stereocenters. The molecule has 0 radical (unpaired) electrons. The highest BCUT2D eigenvalue weighted by atomic mass is 14.9. The van der Waals surface area contributed by atoms with Gasteiger partial charge in [0.25, 0.3) is 0 Å². The third-order valence-corrected chi connectivity index (χ3v) is 4.20. The van der Waals surface area contributed by atoms with E-state index in [-0.39, 0.29) is 0 Å². The first-order valence-electron chi connectivity index (χ1n) is 6.18. The summed E-state index contributed by atoms with van der Waals surface area (Å²) in [5, 5.41) is 3.51. The van der Waals surface area contributed by atoms with Crippen LogP contribution in [0.25, 0.3) is 0 Å². The van der Waals surface area contributed by atoms with Gasteiger partial charge in [-0.2, -0.15) is 0 Å². The predicted octanol–water partition coefficient (Wildman–Crippen LogP) is 2.64. The number of rotatable bonds is 1. The predicted molar refractivity (Wildman–Crippen MR) is 63.3 cm³/mol. The zero-order valence-corrected chi connectivity index (χ0v) is 9.42. The van der Waals surface area contributed by atoms with E-state index in [4.69, 9.17) is 0 Å². The van der Waals surface area contributed by atoms with E-state index in [2.05, 4.69) is 30.6 Å². The minimum absolute atomic E-state index is 0.721. The van der Waals surface area contributed by atoms with Gasteiger partial charge in [0.1, 0.15) is 0 Å². The largest absolute Gasteiger partial charge is 0.316 e. The van der Waals surface area contributed by atoms with Gasteiger partial charge in [-0.3, -0.25) is 0 Å². The maximum atomic E-state index is 3.51. The topological polar surface area (TPSA) is 12.0 Å². The summed E-state index contributed by atoms with van der Waals surface area (Å²) < 4.78 is 0. The van der Waals surface area contributed by atoms with E-state index in [0.29, 0.717) is 0 Å². The summed E-state index contributed by atoms with van der Waals surface area (Å²) in [5.41, 5.74) is 4.96. The van der Waals surface area contributed by atoms with Gasteiger partial charge in [0, 0.05) is 6.04 Å². The minimum Gasteiger partial charge on any atom is -0.316 e. The molecule has 0 amide bonds. The van der Waals surface area contributed by atoms with E-state index in [1.807, 2.05) is 0 Å². The molecule has 0 saturated carbocycles. The average molecular weight is 201 g/mol. The van der Waals surface area contributed by atoms with Crippen LogP contribution in [-0.2, 0) is 12.8 Å². The zero-order chi connectivity index (χ0) is 10.3. The molecule has 1 aromatic rings. The quantitative estimate of drug-likeness (QED) is 0.736. The average Bonchev–Trinajstić information content (AvgIpc) is 2.30. The Balaban J connectivity index is 2.10. The van der Waals surface area contributed by atoms with Gasteiger partial charge < -0.3 is 5.32 Å². The van der Waals surface area contributed by atoms with E-state index < -0.39 is 0 Å². The molecule has 15 heavy (non-hydrogen) atoms. The smallest absolute Gasteiger partial charge is 0.0136 e. The van der Waals surface area contributed by atoms with E-state index in [1.54, 1.807) is 16.7 Å². The molecule has 2 aliphatic rings. The molecule has 0 aromatic heterocycles. The first-order valence-corrected chi connectivity index (χ1v) is 6.18. The Morgan fingerprint density at radius 3 is 2.73 bits per heavy atom. The van der Waals surface area contributed by atoms with Crippen molar-refractivity contribution in [1.82, 2.24) is 5.32 Å². The lowest BCUT2D eigenvalue weighted by molar-refractivity contribution is 0.372. The van der Waals surface area contributed by atoms with E-state index in [0.717, 1.165) is 12.0 Å². The van der Waals surface area contributed by atoms with Gasteiger partial charge in [-0.05, 0) is 61.8 Å². The van der Waals surface area contributed by atoms with Gasteiger partial charge in [-0.1, -0.05) is 18.2 Å². The maximum absolute atomic E-state index is 3.51. The highest BCUT2D eigenvalue weighted by Crippen LogP contribution is 2.40.